The quantitative estimate of drug-likeness (QED) is 0.818. The Morgan fingerprint density at radius 1 is 1.53 bits per heavy atom. The van der Waals surface area contributed by atoms with Gasteiger partial charge in [-0.05, 0) is 11.8 Å². The summed E-state index contributed by atoms with van der Waals surface area (Å²) in [7, 11) is 0. The van der Waals surface area contributed by atoms with Gasteiger partial charge in [-0.1, -0.05) is 13.8 Å². The average Bonchev–Trinajstić information content (AvgIpc) is 2.76. The first kappa shape index (κ1) is 12.9. The van der Waals surface area contributed by atoms with E-state index in [9.17, 15) is 0 Å². The van der Waals surface area contributed by atoms with E-state index in [0.29, 0.717) is 0 Å². The van der Waals surface area contributed by atoms with E-state index in [1.807, 2.05) is 11.6 Å². The van der Waals surface area contributed by atoms with E-state index in [1.54, 1.807) is 11.3 Å². The fourth-order valence-electron chi connectivity index (χ4n) is 1.73. The molecule has 0 radical (unpaired) electrons. The number of thiazole rings is 1. The van der Waals surface area contributed by atoms with Crippen LogP contribution >= 0.6 is 22.9 Å². The van der Waals surface area contributed by atoms with Crippen molar-refractivity contribution in [2.24, 2.45) is 5.41 Å². The standard InChI is InChI=1S/C12H18ClN3S/c1-12(2,3-4-13)9-14-7-10-8-16-5-6-17-11(16)15-10/h5-6,8,14H,3-4,7,9H2,1-2H3. The lowest BCUT2D eigenvalue weighted by Crippen LogP contribution is -2.29. The van der Waals surface area contributed by atoms with Crippen LogP contribution in [0.1, 0.15) is 26.0 Å². The topological polar surface area (TPSA) is 29.3 Å². The number of fused-ring (bicyclic) bond motifs is 1. The summed E-state index contributed by atoms with van der Waals surface area (Å²) in [4.78, 5) is 5.59. The molecule has 17 heavy (non-hydrogen) atoms. The molecule has 2 aromatic heterocycles. The SMILES string of the molecule is CC(C)(CCCl)CNCc1cn2ccsc2n1. The maximum absolute atomic E-state index is 5.78. The largest absolute Gasteiger partial charge is 0.311 e. The molecule has 0 saturated heterocycles. The number of nitrogens with zero attached hydrogens (tertiary/aromatic N) is 2. The van der Waals surface area contributed by atoms with Crippen LogP contribution in [0.2, 0.25) is 0 Å². The minimum absolute atomic E-state index is 0.249. The second kappa shape index (κ2) is 5.38. The third-order valence-corrected chi connectivity index (χ3v) is 3.78. The molecule has 0 fully saturated rings. The first-order chi connectivity index (χ1) is 8.11. The van der Waals surface area contributed by atoms with Crippen molar-refractivity contribution in [2.75, 3.05) is 12.4 Å². The number of hydrogen-bond acceptors (Lipinski definition) is 3. The van der Waals surface area contributed by atoms with Crippen LogP contribution in [-0.2, 0) is 6.54 Å². The number of rotatable bonds is 6. The molecule has 0 saturated carbocycles. The lowest BCUT2D eigenvalue weighted by Gasteiger charge is -2.23. The van der Waals surface area contributed by atoms with Gasteiger partial charge in [0.2, 0.25) is 0 Å². The molecule has 0 unspecified atom stereocenters. The minimum atomic E-state index is 0.249. The van der Waals surface area contributed by atoms with Gasteiger partial charge in [0.05, 0.1) is 5.69 Å². The van der Waals surface area contributed by atoms with Crippen LogP contribution in [0.5, 0.6) is 0 Å². The molecule has 0 aliphatic rings. The van der Waals surface area contributed by atoms with Crippen LogP contribution in [0, 0.1) is 5.41 Å². The predicted molar refractivity (Wildman–Crippen MR) is 73.9 cm³/mol. The van der Waals surface area contributed by atoms with Crippen molar-refractivity contribution in [2.45, 2.75) is 26.8 Å². The Bertz CT molecular complexity index is 446. The molecular weight excluding hydrogens is 254 g/mol. The molecular formula is C12H18ClN3S. The Morgan fingerprint density at radius 2 is 2.35 bits per heavy atom. The smallest absolute Gasteiger partial charge is 0.193 e. The zero-order valence-electron chi connectivity index (χ0n) is 10.2. The Morgan fingerprint density at radius 3 is 3.06 bits per heavy atom. The van der Waals surface area contributed by atoms with Gasteiger partial charge >= 0.3 is 0 Å². The molecule has 94 valence electrons. The fourth-order valence-corrected chi connectivity index (χ4v) is 2.96. The number of alkyl halides is 1. The van der Waals surface area contributed by atoms with E-state index in [1.165, 1.54) is 0 Å². The number of aromatic nitrogens is 2. The number of hydrogen-bond donors (Lipinski definition) is 1. The molecule has 2 rings (SSSR count). The van der Waals surface area contributed by atoms with Crippen LogP contribution in [-0.4, -0.2) is 21.8 Å². The van der Waals surface area contributed by atoms with Gasteiger partial charge in [-0.3, -0.25) is 4.40 Å². The van der Waals surface area contributed by atoms with Crippen molar-refractivity contribution >= 4 is 27.9 Å². The van der Waals surface area contributed by atoms with Gasteiger partial charge in [-0.15, -0.1) is 22.9 Å². The first-order valence-corrected chi connectivity index (χ1v) is 7.20. The molecule has 1 N–H and O–H groups in total. The summed E-state index contributed by atoms with van der Waals surface area (Å²) in [6.45, 7) is 6.24. The maximum Gasteiger partial charge on any atom is 0.193 e. The van der Waals surface area contributed by atoms with Crippen LogP contribution in [0.4, 0.5) is 0 Å². The zero-order valence-corrected chi connectivity index (χ0v) is 11.8. The highest BCUT2D eigenvalue weighted by molar-refractivity contribution is 7.15. The molecule has 0 atom stereocenters. The summed E-state index contributed by atoms with van der Waals surface area (Å²) in [5, 5.41) is 5.49. The van der Waals surface area contributed by atoms with E-state index in [2.05, 4.69) is 34.7 Å². The minimum Gasteiger partial charge on any atom is -0.311 e. The average molecular weight is 272 g/mol. The molecule has 2 heterocycles. The Balaban J connectivity index is 1.84. The lowest BCUT2D eigenvalue weighted by atomic mass is 9.90. The second-order valence-electron chi connectivity index (χ2n) is 5.03. The van der Waals surface area contributed by atoms with E-state index >= 15 is 0 Å². The van der Waals surface area contributed by atoms with Crippen LogP contribution in [0.25, 0.3) is 4.96 Å². The van der Waals surface area contributed by atoms with Crippen LogP contribution in [0.3, 0.4) is 0 Å². The van der Waals surface area contributed by atoms with Crippen LogP contribution in [0.15, 0.2) is 17.8 Å². The summed E-state index contributed by atoms with van der Waals surface area (Å²) < 4.78 is 2.06. The third kappa shape index (κ3) is 3.44. The molecule has 0 spiro atoms. The highest BCUT2D eigenvalue weighted by atomic mass is 35.5. The Kier molecular flexibility index (Phi) is 4.07. The molecule has 0 aliphatic carbocycles. The number of halogens is 1. The number of nitrogens with one attached hydrogen (secondary N) is 1. The second-order valence-corrected chi connectivity index (χ2v) is 6.28. The highest BCUT2D eigenvalue weighted by Crippen LogP contribution is 2.19. The lowest BCUT2D eigenvalue weighted by molar-refractivity contribution is 0.329. The molecule has 5 heteroatoms. The Hall–Kier alpha value is -0.580. The summed E-state index contributed by atoms with van der Waals surface area (Å²) in [5.74, 6) is 0.717. The summed E-state index contributed by atoms with van der Waals surface area (Å²) in [6.07, 6.45) is 5.14. The number of imidazole rings is 1. The molecule has 3 nitrogen and oxygen atoms in total. The molecule has 0 bridgehead atoms. The van der Waals surface area contributed by atoms with Crippen LogP contribution < -0.4 is 5.32 Å². The van der Waals surface area contributed by atoms with Crippen molar-refractivity contribution in [1.82, 2.24) is 14.7 Å². The van der Waals surface area contributed by atoms with E-state index in [-0.39, 0.29) is 5.41 Å². The highest BCUT2D eigenvalue weighted by Gasteiger charge is 2.16. The van der Waals surface area contributed by atoms with Gasteiger partial charge < -0.3 is 5.32 Å². The van der Waals surface area contributed by atoms with Gasteiger partial charge in [0.25, 0.3) is 0 Å². The van der Waals surface area contributed by atoms with Gasteiger partial charge in [0, 0.05) is 36.7 Å². The predicted octanol–water partition coefficient (Wildman–Crippen LogP) is 3.14. The molecule has 0 aromatic carbocycles. The van der Waals surface area contributed by atoms with Crippen molar-refractivity contribution in [3.63, 3.8) is 0 Å². The zero-order chi connectivity index (χ0) is 12.3. The van der Waals surface area contributed by atoms with Crippen molar-refractivity contribution in [1.29, 1.82) is 0 Å². The molecule has 2 aromatic rings. The van der Waals surface area contributed by atoms with E-state index < -0.39 is 0 Å². The summed E-state index contributed by atoms with van der Waals surface area (Å²) >= 11 is 7.44. The van der Waals surface area contributed by atoms with Gasteiger partial charge in [-0.25, -0.2) is 4.98 Å². The van der Waals surface area contributed by atoms with Gasteiger partial charge in [0.15, 0.2) is 4.96 Å². The van der Waals surface area contributed by atoms with Gasteiger partial charge in [0.1, 0.15) is 0 Å². The summed E-state index contributed by atoms with van der Waals surface area (Å²) in [5.41, 5.74) is 1.34. The molecule has 0 aliphatic heterocycles. The third-order valence-electron chi connectivity index (χ3n) is 2.82. The van der Waals surface area contributed by atoms with Crippen molar-refractivity contribution in [3.05, 3.63) is 23.5 Å². The van der Waals surface area contributed by atoms with Crippen molar-refractivity contribution in [3.8, 4) is 0 Å². The van der Waals surface area contributed by atoms with E-state index in [4.69, 9.17) is 11.6 Å². The maximum atomic E-state index is 5.78. The first-order valence-electron chi connectivity index (χ1n) is 5.78. The van der Waals surface area contributed by atoms with Gasteiger partial charge in [-0.2, -0.15) is 0 Å². The monoisotopic (exact) mass is 271 g/mol. The van der Waals surface area contributed by atoms with E-state index in [0.717, 1.165) is 36.0 Å². The Labute approximate surface area is 111 Å². The van der Waals surface area contributed by atoms with Crippen molar-refractivity contribution < 1.29 is 0 Å². The fraction of sp³-hybridized carbons (Fsp3) is 0.583. The normalized spacial score (nSPS) is 12.4. The summed E-state index contributed by atoms with van der Waals surface area (Å²) in [6, 6.07) is 0. The molecule has 0 amide bonds.